The van der Waals surface area contributed by atoms with E-state index in [1.54, 1.807) is 24.3 Å². The molecule has 0 heterocycles. The summed E-state index contributed by atoms with van der Waals surface area (Å²) < 4.78 is 5.30. The zero-order chi connectivity index (χ0) is 13.4. The van der Waals surface area contributed by atoms with E-state index in [1.165, 1.54) is 6.92 Å². The summed E-state index contributed by atoms with van der Waals surface area (Å²) in [5, 5.41) is 5.62. The second-order valence-electron chi connectivity index (χ2n) is 3.83. The molecule has 1 aromatic rings. The zero-order valence-electron chi connectivity index (χ0n) is 10.7. The molecule has 0 unspecified atom stereocenters. The molecule has 1 amide bonds. The van der Waals surface area contributed by atoms with Crippen LogP contribution >= 0.6 is 0 Å². The monoisotopic (exact) mass is 250 g/mol. The van der Waals surface area contributed by atoms with Gasteiger partial charge in [-0.05, 0) is 26.1 Å². The zero-order valence-corrected chi connectivity index (χ0v) is 10.7. The molecule has 0 aromatic heterocycles. The number of hydrogen-bond acceptors (Lipinski definition) is 4. The molecule has 98 valence electrons. The van der Waals surface area contributed by atoms with E-state index in [4.69, 9.17) is 4.74 Å². The normalized spacial score (nSPS) is 9.89. The Kier molecular flexibility index (Phi) is 5.87. The number of hydrogen-bond donors (Lipinski definition) is 2. The molecule has 2 N–H and O–H groups in total. The minimum Gasteiger partial charge on any atom is -0.484 e. The highest BCUT2D eigenvalue weighted by Crippen LogP contribution is 2.13. The maximum absolute atomic E-state index is 11.4. The highest BCUT2D eigenvalue weighted by Gasteiger charge is 2.04. The molecular weight excluding hydrogens is 232 g/mol. The van der Waals surface area contributed by atoms with Crippen molar-refractivity contribution in [2.75, 3.05) is 26.7 Å². The number of rotatable bonds is 7. The lowest BCUT2D eigenvalue weighted by Crippen LogP contribution is -2.33. The topological polar surface area (TPSA) is 67.4 Å². The third-order valence-corrected chi connectivity index (χ3v) is 2.31. The van der Waals surface area contributed by atoms with Gasteiger partial charge in [0.2, 0.25) is 0 Å². The predicted octanol–water partition coefficient (Wildman–Crippen LogP) is 0.604. The van der Waals surface area contributed by atoms with E-state index in [0.29, 0.717) is 24.4 Å². The van der Waals surface area contributed by atoms with E-state index in [0.717, 1.165) is 0 Å². The fourth-order valence-corrected chi connectivity index (χ4v) is 1.33. The third kappa shape index (κ3) is 4.97. The Hall–Kier alpha value is -1.88. The minimum absolute atomic E-state index is 0.0288. The Balaban J connectivity index is 2.41. The molecule has 0 radical (unpaired) electrons. The van der Waals surface area contributed by atoms with Gasteiger partial charge in [0.05, 0.1) is 0 Å². The van der Waals surface area contributed by atoms with Crippen LogP contribution in [-0.2, 0) is 4.79 Å². The molecule has 5 nitrogen and oxygen atoms in total. The Morgan fingerprint density at radius 3 is 2.72 bits per heavy atom. The third-order valence-electron chi connectivity index (χ3n) is 2.31. The maximum Gasteiger partial charge on any atom is 0.257 e. The molecule has 18 heavy (non-hydrogen) atoms. The number of Topliss-reactive ketones (excluding diaryl/α,β-unsaturated/α-hetero) is 1. The SMILES string of the molecule is CNCCNC(=O)COc1cccc(C(C)=O)c1. The van der Waals surface area contributed by atoms with Crippen molar-refractivity contribution in [3.8, 4) is 5.75 Å². The molecule has 0 saturated heterocycles. The maximum atomic E-state index is 11.4. The summed E-state index contributed by atoms with van der Waals surface area (Å²) in [6, 6.07) is 6.78. The summed E-state index contributed by atoms with van der Waals surface area (Å²) in [6.45, 7) is 2.71. The molecule has 0 atom stereocenters. The lowest BCUT2D eigenvalue weighted by atomic mass is 10.1. The van der Waals surface area contributed by atoms with Crippen LogP contribution in [0.15, 0.2) is 24.3 Å². The van der Waals surface area contributed by atoms with Crippen LogP contribution in [0, 0.1) is 0 Å². The van der Waals surface area contributed by atoms with Gasteiger partial charge in [-0.15, -0.1) is 0 Å². The highest BCUT2D eigenvalue weighted by molar-refractivity contribution is 5.94. The van der Waals surface area contributed by atoms with Crippen LogP contribution in [-0.4, -0.2) is 38.4 Å². The van der Waals surface area contributed by atoms with Crippen molar-refractivity contribution in [3.63, 3.8) is 0 Å². The Bertz CT molecular complexity index is 418. The first-order valence-corrected chi connectivity index (χ1v) is 5.78. The number of likely N-dealkylation sites (N-methyl/N-ethyl adjacent to an activating group) is 1. The van der Waals surface area contributed by atoms with Crippen molar-refractivity contribution in [2.24, 2.45) is 0 Å². The smallest absolute Gasteiger partial charge is 0.257 e. The van der Waals surface area contributed by atoms with Crippen molar-refractivity contribution in [1.82, 2.24) is 10.6 Å². The van der Waals surface area contributed by atoms with Gasteiger partial charge < -0.3 is 15.4 Å². The van der Waals surface area contributed by atoms with Crippen molar-refractivity contribution in [1.29, 1.82) is 0 Å². The Morgan fingerprint density at radius 1 is 1.28 bits per heavy atom. The number of amides is 1. The number of carbonyl (C=O) groups is 2. The summed E-state index contributed by atoms with van der Waals surface area (Å²) in [7, 11) is 1.82. The molecule has 0 spiro atoms. The van der Waals surface area contributed by atoms with E-state index in [2.05, 4.69) is 10.6 Å². The van der Waals surface area contributed by atoms with Gasteiger partial charge in [-0.3, -0.25) is 9.59 Å². The van der Waals surface area contributed by atoms with Gasteiger partial charge in [0.15, 0.2) is 12.4 Å². The fourth-order valence-electron chi connectivity index (χ4n) is 1.33. The lowest BCUT2D eigenvalue weighted by Gasteiger charge is -2.07. The second-order valence-corrected chi connectivity index (χ2v) is 3.83. The average molecular weight is 250 g/mol. The van der Waals surface area contributed by atoms with Crippen LogP contribution < -0.4 is 15.4 Å². The molecular formula is C13H18N2O3. The van der Waals surface area contributed by atoms with Crippen LogP contribution in [0.2, 0.25) is 0 Å². The molecule has 0 saturated carbocycles. The van der Waals surface area contributed by atoms with Crippen molar-refractivity contribution >= 4 is 11.7 Å². The van der Waals surface area contributed by atoms with Crippen LogP contribution in [0.5, 0.6) is 5.75 Å². The van der Waals surface area contributed by atoms with Crippen LogP contribution in [0.3, 0.4) is 0 Å². The van der Waals surface area contributed by atoms with E-state index in [-0.39, 0.29) is 18.3 Å². The standard InChI is InChI=1S/C13H18N2O3/c1-10(16)11-4-3-5-12(8-11)18-9-13(17)15-7-6-14-2/h3-5,8,14H,6-7,9H2,1-2H3,(H,15,17). The van der Waals surface area contributed by atoms with E-state index in [9.17, 15) is 9.59 Å². The molecule has 0 bridgehead atoms. The average Bonchev–Trinajstić information content (AvgIpc) is 2.37. The molecule has 1 aromatic carbocycles. The summed E-state index contributed by atoms with van der Waals surface area (Å²) in [5.41, 5.74) is 0.572. The molecule has 0 aliphatic carbocycles. The minimum atomic E-state index is -0.182. The Morgan fingerprint density at radius 2 is 2.06 bits per heavy atom. The molecule has 5 heteroatoms. The Labute approximate surface area is 107 Å². The number of carbonyl (C=O) groups excluding carboxylic acids is 2. The molecule has 0 aliphatic rings. The number of ether oxygens (including phenoxy) is 1. The first kappa shape index (κ1) is 14.2. The highest BCUT2D eigenvalue weighted by atomic mass is 16.5. The largest absolute Gasteiger partial charge is 0.484 e. The van der Waals surface area contributed by atoms with Crippen LogP contribution in [0.4, 0.5) is 0 Å². The van der Waals surface area contributed by atoms with Crippen molar-refractivity contribution in [2.45, 2.75) is 6.92 Å². The van der Waals surface area contributed by atoms with Gasteiger partial charge >= 0.3 is 0 Å². The van der Waals surface area contributed by atoms with E-state index < -0.39 is 0 Å². The molecule has 0 aliphatic heterocycles. The van der Waals surface area contributed by atoms with E-state index in [1.807, 2.05) is 7.05 Å². The van der Waals surface area contributed by atoms with Crippen molar-refractivity contribution in [3.05, 3.63) is 29.8 Å². The molecule has 1 rings (SSSR count). The summed E-state index contributed by atoms with van der Waals surface area (Å²) in [6.07, 6.45) is 0. The van der Waals surface area contributed by atoms with Gasteiger partial charge in [0.1, 0.15) is 5.75 Å². The second kappa shape index (κ2) is 7.45. The number of benzene rings is 1. The van der Waals surface area contributed by atoms with E-state index >= 15 is 0 Å². The number of ketones is 1. The quantitative estimate of drug-likeness (QED) is 0.549. The predicted molar refractivity (Wildman–Crippen MR) is 68.9 cm³/mol. The van der Waals surface area contributed by atoms with Gasteiger partial charge in [-0.2, -0.15) is 0 Å². The first-order valence-electron chi connectivity index (χ1n) is 5.78. The van der Waals surface area contributed by atoms with Gasteiger partial charge in [0.25, 0.3) is 5.91 Å². The lowest BCUT2D eigenvalue weighted by molar-refractivity contribution is -0.123. The van der Waals surface area contributed by atoms with Gasteiger partial charge in [-0.25, -0.2) is 0 Å². The fraction of sp³-hybridized carbons (Fsp3) is 0.385. The van der Waals surface area contributed by atoms with Crippen LogP contribution in [0.25, 0.3) is 0 Å². The summed E-state index contributed by atoms with van der Waals surface area (Å²) in [5.74, 6) is 0.309. The number of nitrogens with one attached hydrogen (secondary N) is 2. The summed E-state index contributed by atoms with van der Waals surface area (Å²) in [4.78, 5) is 22.5. The van der Waals surface area contributed by atoms with Crippen molar-refractivity contribution < 1.29 is 14.3 Å². The van der Waals surface area contributed by atoms with Gasteiger partial charge in [-0.1, -0.05) is 12.1 Å². The molecule has 0 fully saturated rings. The van der Waals surface area contributed by atoms with Crippen LogP contribution in [0.1, 0.15) is 17.3 Å². The summed E-state index contributed by atoms with van der Waals surface area (Å²) >= 11 is 0. The van der Waals surface area contributed by atoms with Gasteiger partial charge in [0, 0.05) is 18.7 Å². The first-order chi connectivity index (χ1) is 8.63.